The van der Waals surface area contributed by atoms with Crippen LogP contribution in [0.5, 0.6) is 0 Å². The Balaban J connectivity index is 2.74. The first-order chi connectivity index (χ1) is 8.99. The summed E-state index contributed by atoms with van der Waals surface area (Å²) in [5.41, 5.74) is 2.08. The standard InChI is InChI=1S/C14H22ClN3O/c1-10(14(19)17-3)9-18(4)12-6-5-11(8-16-2)13(15)7-12/h5-7,10,16H,8-9H2,1-4H3,(H,17,19). The van der Waals surface area contributed by atoms with Gasteiger partial charge >= 0.3 is 0 Å². The van der Waals surface area contributed by atoms with Crippen molar-refractivity contribution in [3.63, 3.8) is 0 Å². The summed E-state index contributed by atoms with van der Waals surface area (Å²) < 4.78 is 0. The molecule has 4 nitrogen and oxygen atoms in total. The Bertz CT molecular complexity index is 437. The number of rotatable bonds is 6. The highest BCUT2D eigenvalue weighted by atomic mass is 35.5. The van der Waals surface area contributed by atoms with Crippen molar-refractivity contribution in [3.05, 3.63) is 28.8 Å². The van der Waals surface area contributed by atoms with Crippen molar-refractivity contribution in [1.29, 1.82) is 0 Å². The molecule has 0 aromatic heterocycles. The summed E-state index contributed by atoms with van der Waals surface area (Å²) in [5.74, 6) is -0.0180. The molecule has 0 radical (unpaired) electrons. The number of carbonyl (C=O) groups excluding carboxylic acids is 1. The second kappa shape index (κ2) is 7.36. The molecule has 0 aliphatic rings. The smallest absolute Gasteiger partial charge is 0.224 e. The van der Waals surface area contributed by atoms with Crippen LogP contribution in [0, 0.1) is 5.92 Å². The number of hydrogen-bond acceptors (Lipinski definition) is 3. The zero-order chi connectivity index (χ0) is 14.4. The van der Waals surface area contributed by atoms with E-state index in [1.165, 1.54) is 0 Å². The van der Waals surface area contributed by atoms with E-state index in [0.717, 1.165) is 22.8 Å². The third kappa shape index (κ3) is 4.40. The van der Waals surface area contributed by atoms with Crippen molar-refractivity contribution in [2.75, 3.05) is 32.6 Å². The van der Waals surface area contributed by atoms with E-state index in [0.29, 0.717) is 6.54 Å². The minimum atomic E-state index is -0.0641. The highest BCUT2D eigenvalue weighted by molar-refractivity contribution is 6.31. The first kappa shape index (κ1) is 15.8. The minimum Gasteiger partial charge on any atom is -0.374 e. The molecule has 2 N–H and O–H groups in total. The number of amides is 1. The van der Waals surface area contributed by atoms with Crippen molar-refractivity contribution in [2.45, 2.75) is 13.5 Å². The van der Waals surface area contributed by atoms with Crippen molar-refractivity contribution >= 4 is 23.2 Å². The first-order valence-corrected chi connectivity index (χ1v) is 6.73. The quantitative estimate of drug-likeness (QED) is 0.838. The molecule has 1 unspecified atom stereocenters. The van der Waals surface area contributed by atoms with Gasteiger partial charge in [-0.15, -0.1) is 0 Å². The fourth-order valence-corrected chi connectivity index (χ4v) is 2.19. The molecule has 1 aromatic carbocycles. The highest BCUT2D eigenvalue weighted by Crippen LogP contribution is 2.23. The third-order valence-corrected chi connectivity index (χ3v) is 3.44. The molecule has 0 aliphatic carbocycles. The predicted molar refractivity (Wildman–Crippen MR) is 80.7 cm³/mol. The van der Waals surface area contributed by atoms with E-state index in [4.69, 9.17) is 11.6 Å². The van der Waals surface area contributed by atoms with Crippen LogP contribution >= 0.6 is 11.6 Å². The number of hydrogen-bond donors (Lipinski definition) is 2. The lowest BCUT2D eigenvalue weighted by Gasteiger charge is -2.23. The molecule has 1 atom stereocenters. The Kier molecular flexibility index (Phi) is 6.12. The number of halogens is 1. The molecule has 0 heterocycles. The highest BCUT2D eigenvalue weighted by Gasteiger charge is 2.14. The molecule has 0 spiro atoms. The number of nitrogens with zero attached hydrogens (tertiary/aromatic N) is 1. The summed E-state index contributed by atoms with van der Waals surface area (Å²) in [6, 6.07) is 5.97. The average molecular weight is 284 g/mol. The van der Waals surface area contributed by atoms with Crippen LogP contribution in [0.25, 0.3) is 0 Å². The van der Waals surface area contributed by atoms with Gasteiger partial charge < -0.3 is 15.5 Å². The van der Waals surface area contributed by atoms with E-state index in [9.17, 15) is 4.79 Å². The molecule has 5 heteroatoms. The van der Waals surface area contributed by atoms with Gasteiger partial charge in [0.15, 0.2) is 0 Å². The van der Waals surface area contributed by atoms with Crippen LogP contribution in [-0.2, 0) is 11.3 Å². The van der Waals surface area contributed by atoms with Crippen molar-refractivity contribution < 1.29 is 4.79 Å². The van der Waals surface area contributed by atoms with E-state index in [1.807, 2.05) is 44.1 Å². The van der Waals surface area contributed by atoms with Gasteiger partial charge in [0.2, 0.25) is 5.91 Å². The summed E-state index contributed by atoms with van der Waals surface area (Å²) in [4.78, 5) is 13.5. The number of anilines is 1. The van der Waals surface area contributed by atoms with E-state index in [-0.39, 0.29) is 11.8 Å². The van der Waals surface area contributed by atoms with Gasteiger partial charge in [0.1, 0.15) is 0 Å². The molecule has 0 aliphatic heterocycles. The van der Waals surface area contributed by atoms with Crippen LogP contribution in [0.15, 0.2) is 18.2 Å². The monoisotopic (exact) mass is 283 g/mol. The van der Waals surface area contributed by atoms with Crippen molar-refractivity contribution in [2.24, 2.45) is 5.92 Å². The maximum Gasteiger partial charge on any atom is 0.224 e. The van der Waals surface area contributed by atoms with Gasteiger partial charge in [-0.2, -0.15) is 0 Å². The van der Waals surface area contributed by atoms with Crippen LogP contribution in [0.1, 0.15) is 12.5 Å². The van der Waals surface area contributed by atoms with E-state index in [2.05, 4.69) is 10.6 Å². The summed E-state index contributed by atoms with van der Waals surface area (Å²) in [7, 11) is 5.51. The Morgan fingerprint density at radius 2 is 2.11 bits per heavy atom. The number of benzene rings is 1. The molecular weight excluding hydrogens is 262 g/mol. The largest absolute Gasteiger partial charge is 0.374 e. The summed E-state index contributed by atoms with van der Waals surface area (Å²) in [5, 5.41) is 6.48. The van der Waals surface area contributed by atoms with Gasteiger partial charge in [0, 0.05) is 37.9 Å². The van der Waals surface area contributed by atoms with Gasteiger partial charge in [0.25, 0.3) is 0 Å². The molecule has 0 saturated heterocycles. The first-order valence-electron chi connectivity index (χ1n) is 6.35. The van der Waals surface area contributed by atoms with Gasteiger partial charge in [-0.05, 0) is 24.7 Å². The SMILES string of the molecule is CNCc1ccc(N(C)CC(C)C(=O)NC)cc1Cl. The Hall–Kier alpha value is -1.26. The molecule has 0 saturated carbocycles. The zero-order valence-corrected chi connectivity index (χ0v) is 12.7. The van der Waals surface area contributed by atoms with E-state index >= 15 is 0 Å². The maximum absolute atomic E-state index is 11.5. The van der Waals surface area contributed by atoms with Crippen LogP contribution in [0.2, 0.25) is 5.02 Å². The lowest BCUT2D eigenvalue weighted by molar-refractivity contribution is -0.123. The molecule has 0 fully saturated rings. The predicted octanol–water partition coefficient (Wildman–Crippen LogP) is 1.88. The average Bonchev–Trinajstić information content (AvgIpc) is 2.40. The molecule has 1 amide bonds. The summed E-state index contributed by atoms with van der Waals surface area (Å²) in [6.45, 7) is 3.31. The second-order valence-electron chi connectivity index (χ2n) is 4.70. The van der Waals surface area contributed by atoms with Crippen LogP contribution < -0.4 is 15.5 Å². The normalized spacial score (nSPS) is 12.1. The van der Waals surface area contributed by atoms with Gasteiger partial charge in [0.05, 0.1) is 5.92 Å². The third-order valence-electron chi connectivity index (χ3n) is 3.09. The molecule has 1 rings (SSSR count). The van der Waals surface area contributed by atoms with Crippen LogP contribution in [-0.4, -0.2) is 33.6 Å². The lowest BCUT2D eigenvalue weighted by Crippen LogP contribution is -2.34. The molecular formula is C14H22ClN3O. The van der Waals surface area contributed by atoms with E-state index in [1.54, 1.807) is 7.05 Å². The van der Waals surface area contributed by atoms with Crippen molar-refractivity contribution in [3.8, 4) is 0 Å². The molecule has 19 heavy (non-hydrogen) atoms. The minimum absolute atomic E-state index is 0.0461. The maximum atomic E-state index is 11.5. The Morgan fingerprint density at radius 3 is 2.63 bits per heavy atom. The number of carbonyl (C=O) groups is 1. The Morgan fingerprint density at radius 1 is 1.42 bits per heavy atom. The molecule has 0 bridgehead atoms. The fraction of sp³-hybridized carbons (Fsp3) is 0.500. The van der Waals surface area contributed by atoms with Gasteiger partial charge in [-0.1, -0.05) is 24.6 Å². The topological polar surface area (TPSA) is 44.4 Å². The van der Waals surface area contributed by atoms with Crippen LogP contribution in [0.3, 0.4) is 0 Å². The second-order valence-corrected chi connectivity index (χ2v) is 5.11. The lowest BCUT2D eigenvalue weighted by atomic mass is 10.1. The molecule has 1 aromatic rings. The zero-order valence-electron chi connectivity index (χ0n) is 12.0. The summed E-state index contributed by atoms with van der Waals surface area (Å²) >= 11 is 6.23. The fourth-order valence-electron chi connectivity index (χ4n) is 1.95. The van der Waals surface area contributed by atoms with Gasteiger partial charge in [-0.3, -0.25) is 4.79 Å². The van der Waals surface area contributed by atoms with E-state index < -0.39 is 0 Å². The molecule has 106 valence electrons. The van der Waals surface area contributed by atoms with Gasteiger partial charge in [-0.25, -0.2) is 0 Å². The number of nitrogens with one attached hydrogen (secondary N) is 2. The van der Waals surface area contributed by atoms with Crippen molar-refractivity contribution in [1.82, 2.24) is 10.6 Å². The summed E-state index contributed by atoms with van der Waals surface area (Å²) in [6.07, 6.45) is 0. The van der Waals surface area contributed by atoms with Crippen LogP contribution in [0.4, 0.5) is 5.69 Å². The Labute approximate surface area is 120 Å².